The Morgan fingerprint density at radius 3 is 1.49 bits per heavy atom. The van der Waals surface area contributed by atoms with Gasteiger partial charge in [-0.15, -0.1) is 0 Å². The molecule has 2 amide bonds. The maximum Gasteiger partial charge on any atom is 0.326 e. The number of amides is 2. The van der Waals surface area contributed by atoms with Crippen LogP contribution in [0.4, 0.5) is 0 Å². The molecule has 0 aliphatic heterocycles. The van der Waals surface area contributed by atoms with Gasteiger partial charge in [0.05, 0.1) is 0 Å². The standard InChI is InChI=1S/C27H50N2O6/c1-2-24(30)28-22-18-17-19-23(27(34)35)29-25(31)20-15-13-11-9-7-5-3-4-6-8-10-12-14-16-21-26(32)33/h23H,2-22H2,1H3,(H,28,30)(H,29,31)(H,32,33)(H,34,35)/t23-/m1/s1. The van der Waals surface area contributed by atoms with Crippen molar-refractivity contribution in [3.63, 3.8) is 0 Å². The number of nitrogens with one attached hydrogen (secondary N) is 2. The molecule has 0 rings (SSSR count). The van der Waals surface area contributed by atoms with Crippen molar-refractivity contribution < 1.29 is 29.4 Å². The summed E-state index contributed by atoms with van der Waals surface area (Å²) in [6.07, 6.45) is 18.6. The van der Waals surface area contributed by atoms with Gasteiger partial charge in [0.15, 0.2) is 0 Å². The molecule has 1 atom stereocenters. The average molecular weight is 499 g/mol. The molecule has 0 spiro atoms. The summed E-state index contributed by atoms with van der Waals surface area (Å²) in [5, 5.41) is 23.3. The minimum Gasteiger partial charge on any atom is -0.481 e. The van der Waals surface area contributed by atoms with Gasteiger partial charge in [-0.2, -0.15) is 0 Å². The summed E-state index contributed by atoms with van der Waals surface area (Å²) in [5.41, 5.74) is 0. The van der Waals surface area contributed by atoms with Crippen molar-refractivity contribution in [1.82, 2.24) is 10.6 Å². The number of rotatable bonds is 25. The van der Waals surface area contributed by atoms with Crippen molar-refractivity contribution in [2.45, 2.75) is 141 Å². The smallest absolute Gasteiger partial charge is 0.326 e. The van der Waals surface area contributed by atoms with Gasteiger partial charge in [-0.1, -0.05) is 84.0 Å². The summed E-state index contributed by atoms with van der Waals surface area (Å²) in [6.45, 7) is 2.32. The Kier molecular flexibility index (Phi) is 22.2. The zero-order valence-corrected chi connectivity index (χ0v) is 22.0. The van der Waals surface area contributed by atoms with Gasteiger partial charge in [-0.3, -0.25) is 14.4 Å². The Morgan fingerprint density at radius 1 is 0.600 bits per heavy atom. The molecule has 0 fully saturated rings. The van der Waals surface area contributed by atoms with E-state index in [4.69, 9.17) is 5.11 Å². The van der Waals surface area contributed by atoms with Crippen LogP contribution in [-0.2, 0) is 19.2 Å². The molecular formula is C27H50N2O6. The van der Waals surface area contributed by atoms with Gasteiger partial charge in [0, 0.05) is 25.8 Å². The number of carbonyl (C=O) groups excluding carboxylic acids is 2. The van der Waals surface area contributed by atoms with Crippen LogP contribution in [-0.4, -0.2) is 46.6 Å². The largest absolute Gasteiger partial charge is 0.481 e. The zero-order valence-electron chi connectivity index (χ0n) is 22.0. The minimum atomic E-state index is -1.01. The monoisotopic (exact) mass is 498 g/mol. The van der Waals surface area contributed by atoms with E-state index in [-0.39, 0.29) is 11.8 Å². The van der Waals surface area contributed by atoms with Crippen molar-refractivity contribution in [2.24, 2.45) is 0 Å². The van der Waals surface area contributed by atoms with Gasteiger partial charge in [-0.25, -0.2) is 4.79 Å². The van der Waals surface area contributed by atoms with E-state index in [1.165, 1.54) is 51.4 Å². The quantitative estimate of drug-likeness (QED) is 0.121. The molecule has 0 bridgehead atoms. The summed E-state index contributed by atoms with van der Waals surface area (Å²) in [6, 6.07) is -0.860. The molecule has 8 nitrogen and oxygen atoms in total. The number of hydrogen-bond acceptors (Lipinski definition) is 4. The van der Waals surface area contributed by atoms with Crippen LogP contribution in [0.3, 0.4) is 0 Å². The van der Waals surface area contributed by atoms with E-state index in [9.17, 15) is 24.3 Å². The summed E-state index contributed by atoms with van der Waals surface area (Å²) in [7, 11) is 0. The fourth-order valence-electron chi connectivity index (χ4n) is 4.03. The number of aliphatic carboxylic acids is 2. The minimum absolute atomic E-state index is 0.0113. The molecule has 0 unspecified atom stereocenters. The maximum atomic E-state index is 12.1. The highest BCUT2D eigenvalue weighted by atomic mass is 16.4. The van der Waals surface area contributed by atoms with E-state index in [2.05, 4.69) is 10.6 Å². The fraction of sp³-hybridized carbons (Fsp3) is 0.852. The van der Waals surface area contributed by atoms with Crippen LogP contribution in [0.25, 0.3) is 0 Å². The number of carboxylic acid groups (broad SMARTS) is 2. The first-order chi connectivity index (χ1) is 16.9. The van der Waals surface area contributed by atoms with Crippen LogP contribution in [0, 0.1) is 0 Å². The van der Waals surface area contributed by atoms with E-state index in [1.54, 1.807) is 6.92 Å². The predicted molar refractivity (Wildman–Crippen MR) is 138 cm³/mol. The average Bonchev–Trinajstić information content (AvgIpc) is 2.82. The normalized spacial score (nSPS) is 11.7. The van der Waals surface area contributed by atoms with Crippen LogP contribution in [0.1, 0.15) is 135 Å². The van der Waals surface area contributed by atoms with E-state index >= 15 is 0 Å². The second-order valence-corrected chi connectivity index (χ2v) is 9.50. The Morgan fingerprint density at radius 2 is 1.06 bits per heavy atom. The lowest BCUT2D eigenvalue weighted by Crippen LogP contribution is -2.40. The molecule has 35 heavy (non-hydrogen) atoms. The molecule has 0 aromatic heterocycles. The molecule has 0 aliphatic carbocycles. The Balaban J connectivity index is 3.53. The number of unbranched alkanes of at least 4 members (excludes halogenated alkanes) is 14. The van der Waals surface area contributed by atoms with Gasteiger partial charge in [0.2, 0.25) is 11.8 Å². The molecule has 0 saturated heterocycles. The van der Waals surface area contributed by atoms with Gasteiger partial charge < -0.3 is 20.8 Å². The highest BCUT2D eigenvalue weighted by Gasteiger charge is 2.19. The first-order valence-electron chi connectivity index (χ1n) is 13.9. The lowest BCUT2D eigenvalue weighted by atomic mass is 10.0. The van der Waals surface area contributed by atoms with Gasteiger partial charge >= 0.3 is 11.9 Å². The second-order valence-electron chi connectivity index (χ2n) is 9.50. The van der Waals surface area contributed by atoms with Gasteiger partial charge in [0.1, 0.15) is 6.04 Å². The van der Waals surface area contributed by atoms with Crippen molar-refractivity contribution in [1.29, 1.82) is 0 Å². The lowest BCUT2D eigenvalue weighted by Gasteiger charge is -2.14. The van der Waals surface area contributed by atoms with Crippen molar-refractivity contribution in [2.75, 3.05) is 6.54 Å². The summed E-state index contributed by atoms with van der Waals surface area (Å²) in [4.78, 5) is 45.1. The van der Waals surface area contributed by atoms with E-state index in [1.807, 2.05) is 0 Å². The van der Waals surface area contributed by atoms with Crippen LogP contribution in [0.15, 0.2) is 0 Å². The summed E-state index contributed by atoms with van der Waals surface area (Å²) in [5.74, 6) is -1.91. The topological polar surface area (TPSA) is 133 Å². The SMILES string of the molecule is CCC(=O)NCCCC[C@@H](NC(=O)CCCCCCCCCCCCCCCCC(=O)O)C(=O)O. The first-order valence-corrected chi connectivity index (χ1v) is 13.9. The summed E-state index contributed by atoms with van der Waals surface area (Å²) < 4.78 is 0. The van der Waals surface area contributed by atoms with E-state index in [0.717, 1.165) is 38.5 Å². The summed E-state index contributed by atoms with van der Waals surface area (Å²) >= 11 is 0. The molecule has 0 aromatic rings. The third kappa shape index (κ3) is 23.4. The highest BCUT2D eigenvalue weighted by molar-refractivity contribution is 5.83. The van der Waals surface area contributed by atoms with E-state index in [0.29, 0.717) is 45.1 Å². The number of carboxylic acids is 2. The molecule has 0 heterocycles. The predicted octanol–water partition coefficient (Wildman–Crippen LogP) is 5.58. The van der Waals surface area contributed by atoms with Crippen molar-refractivity contribution in [3.8, 4) is 0 Å². The molecule has 0 aliphatic rings. The first kappa shape index (κ1) is 32.9. The second kappa shape index (κ2) is 23.6. The Labute approximate surface area is 212 Å². The molecular weight excluding hydrogens is 448 g/mol. The molecule has 0 radical (unpaired) electrons. The van der Waals surface area contributed by atoms with Crippen molar-refractivity contribution in [3.05, 3.63) is 0 Å². The van der Waals surface area contributed by atoms with Crippen molar-refractivity contribution >= 4 is 23.8 Å². The maximum absolute atomic E-state index is 12.1. The van der Waals surface area contributed by atoms with E-state index < -0.39 is 18.0 Å². The van der Waals surface area contributed by atoms with Gasteiger partial charge in [0.25, 0.3) is 0 Å². The Bertz CT molecular complexity index is 582. The molecule has 204 valence electrons. The molecule has 0 saturated carbocycles. The van der Waals surface area contributed by atoms with Crippen LogP contribution in [0.5, 0.6) is 0 Å². The lowest BCUT2D eigenvalue weighted by molar-refractivity contribution is -0.142. The molecule has 4 N–H and O–H groups in total. The number of hydrogen-bond donors (Lipinski definition) is 4. The third-order valence-electron chi connectivity index (χ3n) is 6.24. The van der Waals surface area contributed by atoms with Crippen LogP contribution >= 0.6 is 0 Å². The fourth-order valence-corrected chi connectivity index (χ4v) is 4.03. The highest BCUT2D eigenvalue weighted by Crippen LogP contribution is 2.14. The Hall–Kier alpha value is -2.12. The molecule has 8 heteroatoms. The van der Waals surface area contributed by atoms with Crippen LogP contribution in [0.2, 0.25) is 0 Å². The zero-order chi connectivity index (χ0) is 26.2. The van der Waals surface area contributed by atoms with Crippen LogP contribution < -0.4 is 10.6 Å². The number of carbonyl (C=O) groups is 4. The molecule has 0 aromatic carbocycles. The third-order valence-corrected chi connectivity index (χ3v) is 6.24. The van der Waals surface area contributed by atoms with Gasteiger partial charge in [-0.05, 0) is 32.1 Å².